The van der Waals surface area contributed by atoms with E-state index in [0.717, 1.165) is 13.0 Å². The molecule has 1 heterocycles. The van der Waals surface area contributed by atoms with Crippen LogP contribution in [-0.4, -0.2) is 34.9 Å². The normalized spacial score (nSPS) is 34.1. The van der Waals surface area contributed by atoms with Crippen LogP contribution in [0.5, 0.6) is 0 Å². The van der Waals surface area contributed by atoms with Crippen molar-refractivity contribution in [1.82, 2.24) is 0 Å². The molecule has 1 rings (SSSR count). The molecule has 0 radical (unpaired) electrons. The van der Waals surface area contributed by atoms with Gasteiger partial charge in [0.1, 0.15) is 0 Å². The van der Waals surface area contributed by atoms with Crippen LogP contribution in [0.1, 0.15) is 20.3 Å². The fourth-order valence-corrected chi connectivity index (χ4v) is 2.27. The highest BCUT2D eigenvalue weighted by molar-refractivity contribution is 8.00. The Kier molecular flexibility index (Phi) is 3.69. The van der Waals surface area contributed by atoms with Crippen LogP contribution in [0.25, 0.3) is 0 Å². The molecule has 11 heavy (non-hydrogen) atoms. The Morgan fingerprint density at radius 1 is 1.64 bits per heavy atom. The maximum atomic E-state index is 9.39. The molecule has 0 bridgehead atoms. The van der Waals surface area contributed by atoms with E-state index in [4.69, 9.17) is 4.74 Å². The van der Waals surface area contributed by atoms with Crippen molar-refractivity contribution in [2.24, 2.45) is 0 Å². The van der Waals surface area contributed by atoms with E-state index in [1.54, 1.807) is 0 Å². The summed E-state index contributed by atoms with van der Waals surface area (Å²) in [5.74, 6) is 0. The van der Waals surface area contributed by atoms with Gasteiger partial charge in [0.25, 0.3) is 0 Å². The molecule has 3 heteroatoms. The fourth-order valence-electron chi connectivity index (χ4n) is 1.05. The van der Waals surface area contributed by atoms with E-state index >= 15 is 0 Å². The Morgan fingerprint density at radius 2 is 2.36 bits per heavy atom. The number of thioether (sulfide) groups is 1. The molecule has 1 N–H and O–H groups in total. The third-order valence-electron chi connectivity index (χ3n) is 1.98. The molecule has 1 aliphatic heterocycles. The topological polar surface area (TPSA) is 29.5 Å². The summed E-state index contributed by atoms with van der Waals surface area (Å²) >= 11 is 1.84. The lowest BCUT2D eigenvalue weighted by Crippen LogP contribution is -2.22. The van der Waals surface area contributed by atoms with Gasteiger partial charge in [-0.2, -0.15) is 11.8 Å². The minimum absolute atomic E-state index is 0.242. The largest absolute Gasteiger partial charge is 0.389 e. The Labute approximate surface area is 72.3 Å². The molecule has 1 fully saturated rings. The van der Waals surface area contributed by atoms with Crippen molar-refractivity contribution in [3.05, 3.63) is 0 Å². The van der Waals surface area contributed by atoms with Gasteiger partial charge in [0.05, 0.1) is 24.6 Å². The number of hydrogen-bond acceptors (Lipinski definition) is 3. The first-order valence-corrected chi connectivity index (χ1v) is 5.09. The second-order valence-electron chi connectivity index (χ2n) is 3.00. The van der Waals surface area contributed by atoms with Crippen molar-refractivity contribution in [3.8, 4) is 0 Å². The molecule has 0 aromatic heterocycles. The van der Waals surface area contributed by atoms with Crippen LogP contribution in [0.3, 0.4) is 0 Å². The zero-order valence-electron chi connectivity index (χ0n) is 7.12. The lowest BCUT2D eigenvalue weighted by Gasteiger charge is -2.15. The van der Waals surface area contributed by atoms with Crippen LogP contribution >= 0.6 is 11.8 Å². The summed E-state index contributed by atoms with van der Waals surface area (Å²) in [7, 11) is 0. The molecule has 1 saturated heterocycles. The van der Waals surface area contributed by atoms with Gasteiger partial charge in [0, 0.05) is 5.25 Å². The summed E-state index contributed by atoms with van der Waals surface area (Å²) in [4.78, 5) is 0. The van der Waals surface area contributed by atoms with Crippen molar-refractivity contribution in [2.75, 3.05) is 13.2 Å². The van der Waals surface area contributed by atoms with Crippen LogP contribution < -0.4 is 0 Å². The molecular weight excluding hydrogens is 160 g/mol. The Bertz CT molecular complexity index is 119. The van der Waals surface area contributed by atoms with Crippen molar-refractivity contribution >= 4 is 11.8 Å². The Balaban J connectivity index is 2.24. The highest BCUT2D eigenvalue weighted by Crippen LogP contribution is 2.26. The maximum absolute atomic E-state index is 9.39. The van der Waals surface area contributed by atoms with Crippen LogP contribution in [0.2, 0.25) is 0 Å². The van der Waals surface area contributed by atoms with Crippen LogP contribution in [0, 0.1) is 0 Å². The van der Waals surface area contributed by atoms with Crippen molar-refractivity contribution in [3.63, 3.8) is 0 Å². The third kappa shape index (κ3) is 2.65. The molecule has 0 saturated carbocycles. The molecule has 0 aliphatic carbocycles. The molecule has 0 amide bonds. The molecule has 66 valence electrons. The number of rotatable bonds is 3. The predicted octanol–water partition coefficient (Wildman–Crippen LogP) is 1.28. The molecule has 2 nitrogen and oxygen atoms in total. The van der Waals surface area contributed by atoms with E-state index in [1.807, 2.05) is 11.8 Å². The van der Waals surface area contributed by atoms with Gasteiger partial charge in [-0.15, -0.1) is 0 Å². The standard InChI is InChI=1S/C8H16O2S/c1-3-6(2)11-8-5-10-4-7(8)9/h6-9H,3-5H2,1-2H3. The van der Waals surface area contributed by atoms with Gasteiger partial charge in [-0.05, 0) is 6.42 Å². The second kappa shape index (κ2) is 4.33. The number of aliphatic hydroxyl groups is 1. The number of ether oxygens (including phenoxy) is 1. The van der Waals surface area contributed by atoms with Crippen LogP contribution in [-0.2, 0) is 4.74 Å². The monoisotopic (exact) mass is 176 g/mol. The molecule has 0 spiro atoms. The first kappa shape index (κ1) is 9.36. The van der Waals surface area contributed by atoms with Gasteiger partial charge in [-0.3, -0.25) is 0 Å². The minimum Gasteiger partial charge on any atom is -0.389 e. The predicted molar refractivity (Wildman–Crippen MR) is 48.0 cm³/mol. The maximum Gasteiger partial charge on any atom is 0.0914 e. The van der Waals surface area contributed by atoms with E-state index in [1.165, 1.54) is 0 Å². The summed E-state index contributed by atoms with van der Waals surface area (Å²) < 4.78 is 5.14. The van der Waals surface area contributed by atoms with Crippen LogP contribution in [0.4, 0.5) is 0 Å². The van der Waals surface area contributed by atoms with Crippen molar-refractivity contribution < 1.29 is 9.84 Å². The highest BCUT2D eigenvalue weighted by Gasteiger charge is 2.27. The van der Waals surface area contributed by atoms with E-state index < -0.39 is 0 Å². The first-order chi connectivity index (χ1) is 5.24. The SMILES string of the molecule is CCC(C)SC1COCC1O. The smallest absolute Gasteiger partial charge is 0.0914 e. The molecule has 1 aliphatic rings. The molecule has 0 aromatic rings. The zero-order valence-corrected chi connectivity index (χ0v) is 7.93. The van der Waals surface area contributed by atoms with E-state index in [-0.39, 0.29) is 6.10 Å². The van der Waals surface area contributed by atoms with Gasteiger partial charge in [-0.25, -0.2) is 0 Å². The summed E-state index contributed by atoms with van der Waals surface area (Å²) in [6.45, 7) is 5.60. The van der Waals surface area contributed by atoms with Gasteiger partial charge in [-0.1, -0.05) is 13.8 Å². The first-order valence-electron chi connectivity index (χ1n) is 4.15. The lowest BCUT2D eigenvalue weighted by atomic mass is 10.3. The van der Waals surface area contributed by atoms with Gasteiger partial charge in [0.2, 0.25) is 0 Å². The summed E-state index contributed by atoms with van der Waals surface area (Å²) in [6, 6.07) is 0. The number of hydrogen-bond donors (Lipinski definition) is 1. The Hall–Kier alpha value is 0.270. The minimum atomic E-state index is -0.242. The molecule has 3 atom stereocenters. The summed E-state index contributed by atoms with van der Waals surface area (Å²) in [5.41, 5.74) is 0. The Morgan fingerprint density at radius 3 is 2.82 bits per heavy atom. The third-order valence-corrected chi connectivity index (χ3v) is 3.58. The molecule has 3 unspecified atom stereocenters. The average molecular weight is 176 g/mol. The second-order valence-corrected chi connectivity index (χ2v) is 4.68. The average Bonchev–Trinajstić information content (AvgIpc) is 2.37. The lowest BCUT2D eigenvalue weighted by molar-refractivity contribution is 0.127. The van der Waals surface area contributed by atoms with E-state index in [2.05, 4.69) is 13.8 Å². The molecular formula is C8H16O2S. The van der Waals surface area contributed by atoms with Crippen molar-refractivity contribution in [1.29, 1.82) is 0 Å². The van der Waals surface area contributed by atoms with Crippen molar-refractivity contribution in [2.45, 2.75) is 36.9 Å². The zero-order chi connectivity index (χ0) is 8.27. The van der Waals surface area contributed by atoms with Crippen LogP contribution in [0.15, 0.2) is 0 Å². The highest BCUT2D eigenvalue weighted by atomic mass is 32.2. The molecule has 0 aromatic carbocycles. The quantitative estimate of drug-likeness (QED) is 0.702. The summed E-state index contributed by atoms with van der Waals surface area (Å²) in [6.07, 6.45) is 0.919. The fraction of sp³-hybridized carbons (Fsp3) is 1.00. The van der Waals surface area contributed by atoms with E-state index in [0.29, 0.717) is 17.1 Å². The summed E-state index contributed by atoms with van der Waals surface area (Å²) in [5, 5.41) is 10.3. The van der Waals surface area contributed by atoms with E-state index in [9.17, 15) is 5.11 Å². The van der Waals surface area contributed by atoms with Gasteiger partial charge < -0.3 is 9.84 Å². The van der Waals surface area contributed by atoms with Gasteiger partial charge >= 0.3 is 0 Å². The number of aliphatic hydroxyl groups excluding tert-OH is 1. The van der Waals surface area contributed by atoms with Gasteiger partial charge in [0.15, 0.2) is 0 Å².